The highest BCUT2D eigenvalue weighted by molar-refractivity contribution is 5.89. The molecule has 0 amide bonds. The number of hydrogen-bond acceptors (Lipinski definition) is 7. The zero-order valence-corrected chi connectivity index (χ0v) is 14.1. The van der Waals surface area contributed by atoms with Crippen LogP contribution in [-0.2, 0) is 14.3 Å². The van der Waals surface area contributed by atoms with Crippen molar-refractivity contribution in [3.05, 3.63) is 63.2 Å². The molecule has 0 bridgehead atoms. The van der Waals surface area contributed by atoms with Gasteiger partial charge in [0.1, 0.15) is 5.76 Å². The van der Waals surface area contributed by atoms with Gasteiger partial charge in [-0.3, -0.25) is 9.59 Å². The molecule has 0 spiro atoms. The minimum absolute atomic E-state index is 0.0266. The molecule has 1 atom stereocenters. The Morgan fingerprint density at radius 3 is 2.36 bits per heavy atom. The molecule has 0 radical (unpaired) electrons. The van der Waals surface area contributed by atoms with Gasteiger partial charge in [-0.25, -0.2) is 4.79 Å². The molecule has 0 unspecified atom stereocenters. The number of ether oxygens (including phenoxy) is 2. The van der Waals surface area contributed by atoms with E-state index in [1.165, 1.54) is 26.4 Å². The van der Waals surface area contributed by atoms with Crippen molar-refractivity contribution in [2.24, 2.45) is 0 Å². The van der Waals surface area contributed by atoms with E-state index in [1.54, 1.807) is 19.1 Å². The second-order valence-corrected chi connectivity index (χ2v) is 5.38. The third kappa shape index (κ3) is 4.06. The van der Waals surface area contributed by atoms with Crippen molar-refractivity contribution in [3.63, 3.8) is 0 Å². The van der Waals surface area contributed by atoms with Gasteiger partial charge in [-0.05, 0) is 24.6 Å². The third-order valence-corrected chi connectivity index (χ3v) is 3.72. The molecule has 0 saturated carbocycles. The molecule has 132 valence electrons. The molecule has 0 aliphatic heterocycles. The maximum absolute atomic E-state index is 11.8. The zero-order valence-electron chi connectivity index (χ0n) is 14.1. The van der Waals surface area contributed by atoms with Gasteiger partial charge in [0.25, 0.3) is 0 Å². The fourth-order valence-corrected chi connectivity index (χ4v) is 2.44. The number of methoxy groups -OCH3 is 2. The van der Waals surface area contributed by atoms with Crippen LogP contribution in [0, 0.1) is 6.92 Å². The highest BCUT2D eigenvalue weighted by Crippen LogP contribution is 2.33. The number of carbonyl (C=O) groups is 2. The first-order valence-electron chi connectivity index (χ1n) is 7.46. The molecule has 7 heteroatoms. The van der Waals surface area contributed by atoms with Crippen molar-refractivity contribution >= 4 is 11.9 Å². The van der Waals surface area contributed by atoms with Crippen molar-refractivity contribution in [2.45, 2.75) is 19.3 Å². The molecule has 1 aromatic heterocycles. The lowest BCUT2D eigenvalue weighted by atomic mass is 9.91. The first-order valence-corrected chi connectivity index (χ1v) is 7.46. The Morgan fingerprint density at radius 2 is 1.80 bits per heavy atom. The van der Waals surface area contributed by atoms with Crippen molar-refractivity contribution < 1.29 is 28.6 Å². The molecule has 2 aromatic rings. The second-order valence-electron chi connectivity index (χ2n) is 5.38. The summed E-state index contributed by atoms with van der Waals surface area (Å²) in [6, 6.07) is 7.41. The molecule has 25 heavy (non-hydrogen) atoms. The topological polar surface area (TPSA) is 103 Å². The summed E-state index contributed by atoms with van der Waals surface area (Å²) in [4.78, 5) is 35.2. The standard InChI is InChI=1S/C18H18O7/c1-10-8-14(19)16(21)17(25-10)13(9-15(20)23-2)11-4-6-12(7-5-11)18(22)24-3/h4-8,13,21H,9H2,1-3H3/t13-/m1/s1. The van der Waals surface area contributed by atoms with Crippen LogP contribution >= 0.6 is 0 Å². The summed E-state index contributed by atoms with van der Waals surface area (Å²) >= 11 is 0. The summed E-state index contributed by atoms with van der Waals surface area (Å²) in [6.07, 6.45) is -0.145. The van der Waals surface area contributed by atoms with Crippen LogP contribution in [-0.4, -0.2) is 31.3 Å². The highest BCUT2D eigenvalue weighted by Gasteiger charge is 2.26. The average molecular weight is 346 g/mol. The van der Waals surface area contributed by atoms with Gasteiger partial charge in [0, 0.05) is 6.07 Å². The first-order chi connectivity index (χ1) is 11.9. The molecule has 1 heterocycles. The SMILES string of the molecule is COC(=O)C[C@H](c1ccc(C(=O)OC)cc1)c1oc(C)cc(=O)c1O. The van der Waals surface area contributed by atoms with Gasteiger partial charge in [-0.2, -0.15) is 0 Å². The first kappa shape index (κ1) is 18.3. The Hall–Kier alpha value is -3.09. The molecule has 0 saturated heterocycles. The molecule has 7 nitrogen and oxygen atoms in total. The quantitative estimate of drug-likeness (QED) is 0.827. The molecule has 1 N–H and O–H groups in total. The van der Waals surface area contributed by atoms with E-state index in [1.807, 2.05) is 0 Å². The highest BCUT2D eigenvalue weighted by atomic mass is 16.5. The Morgan fingerprint density at radius 1 is 1.16 bits per heavy atom. The lowest BCUT2D eigenvalue weighted by molar-refractivity contribution is -0.140. The van der Waals surface area contributed by atoms with E-state index in [4.69, 9.17) is 4.42 Å². The van der Waals surface area contributed by atoms with Gasteiger partial charge >= 0.3 is 11.9 Å². The largest absolute Gasteiger partial charge is 0.502 e. The van der Waals surface area contributed by atoms with Crippen LogP contribution in [0.2, 0.25) is 0 Å². The minimum atomic E-state index is -0.744. The number of aryl methyl sites for hydroxylation is 1. The van der Waals surface area contributed by atoms with E-state index < -0.39 is 29.0 Å². The maximum atomic E-state index is 11.8. The predicted molar refractivity (Wildman–Crippen MR) is 87.6 cm³/mol. The predicted octanol–water partition coefficient (Wildman–Crippen LogP) is 2.14. The van der Waals surface area contributed by atoms with Crippen LogP contribution in [0.15, 0.2) is 39.5 Å². The van der Waals surface area contributed by atoms with Gasteiger partial charge in [0.15, 0.2) is 5.76 Å². The number of rotatable bonds is 5. The van der Waals surface area contributed by atoms with Crippen molar-refractivity contribution in [1.29, 1.82) is 0 Å². The fourth-order valence-electron chi connectivity index (χ4n) is 2.44. The van der Waals surface area contributed by atoms with Crippen molar-refractivity contribution in [2.75, 3.05) is 14.2 Å². The molecular weight excluding hydrogens is 328 g/mol. The lowest BCUT2D eigenvalue weighted by Crippen LogP contribution is -2.14. The summed E-state index contributed by atoms with van der Waals surface area (Å²) in [5, 5.41) is 10.1. The Bertz CT molecular complexity index is 833. The molecule has 2 rings (SSSR count). The van der Waals surface area contributed by atoms with Gasteiger partial charge in [0.05, 0.1) is 32.1 Å². The third-order valence-electron chi connectivity index (χ3n) is 3.72. The van der Waals surface area contributed by atoms with Gasteiger partial charge < -0.3 is 19.0 Å². The van der Waals surface area contributed by atoms with Crippen LogP contribution in [0.3, 0.4) is 0 Å². The maximum Gasteiger partial charge on any atom is 0.337 e. The second kappa shape index (κ2) is 7.65. The van der Waals surface area contributed by atoms with Gasteiger partial charge in [-0.1, -0.05) is 12.1 Å². The number of hydrogen-bond donors (Lipinski definition) is 1. The van der Waals surface area contributed by atoms with Gasteiger partial charge in [0.2, 0.25) is 11.2 Å². The van der Waals surface area contributed by atoms with Crippen LogP contribution < -0.4 is 5.43 Å². The number of benzene rings is 1. The summed E-state index contributed by atoms with van der Waals surface area (Å²) in [7, 11) is 2.52. The summed E-state index contributed by atoms with van der Waals surface area (Å²) < 4.78 is 14.8. The zero-order chi connectivity index (χ0) is 18.6. The van der Waals surface area contributed by atoms with Crippen LogP contribution in [0.25, 0.3) is 0 Å². The summed E-state index contributed by atoms with van der Waals surface area (Å²) in [5.41, 5.74) is 0.305. The van der Waals surface area contributed by atoms with Crippen LogP contribution in [0.4, 0.5) is 0 Å². The fraction of sp³-hybridized carbons (Fsp3) is 0.278. The number of esters is 2. The molecule has 1 aromatic carbocycles. The summed E-state index contributed by atoms with van der Waals surface area (Å²) in [5.74, 6) is -2.06. The van der Waals surface area contributed by atoms with E-state index in [9.17, 15) is 19.5 Å². The normalized spacial score (nSPS) is 11.6. The number of carbonyl (C=O) groups excluding carboxylic acids is 2. The van der Waals surface area contributed by atoms with E-state index in [0.29, 0.717) is 16.9 Å². The Balaban J connectivity index is 2.52. The van der Waals surface area contributed by atoms with E-state index in [2.05, 4.69) is 9.47 Å². The summed E-state index contributed by atoms with van der Waals surface area (Å²) in [6.45, 7) is 1.57. The van der Waals surface area contributed by atoms with Gasteiger partial charge in [-0.15, -0.1) is 0 Å². The monoisotopic (exact) mass is 346 g/mol. The average Bonchev–Trinajstić information content (AvgIpc) is 2.62. The van der Waals surface area contributed by atoms with E-state index in [-0.39, 0.29) is 12.2 Å². The molecular formula is C18H18O7. The van der Waals surface area contributed by atoms with E-state index in [0.717, 1.165) is 6.07 Å². The van der Waals surface area contributed by atoms with E-state index >= 15 is 0 Å². The van der Waals surface area contributed by atoms with Crippen molar-refractivity contribution in [1.82, 2.24) is 0 Å². The number of aromatic hydroxyl groups is 1. The Kier molecular flexibility index (Phi) is 5.59. The Labute approximate surface area is 143 Å². The molecule has 0 aliphatic rings. The lowest BCUT2D eigenvalue weighted by Gasteiger charge is -2.17. The van der Waals surface area contributed by atoms with Crippen LogP contribution in [0.5, 0.6) is 5.75 Å². The van der Waals surface area contributed by atoms with Crippen LogP contribution in [0.1, 0.15) is 39.8 Å². The smallest absolute Gasteiger partial charge is 0.337 e. The minimum Gasteiger partial charge on any atom is -0.502 e. The molecule has 0 fully saturated rings. The molecule has 0 aliphatic carbocycles. The van der Waals surface area contributed by atoms with Crippen molar-refractivity contribution in [3.8, 4) is 5.75 Å².